The Morgan fingerprint density at radius 1 is 1.07 bits per heavy atom. The standard InChI is InChI=1S/C23H28N2O5/c1-14-15(2)23(28)30-20-13-18(7-8-19(14)20)29-16(3)21(26)24-9-4-10-25(12-11-24)22(27)17-5-6-17/h7-8,13,16-17H,4-6,9-12H2,1-3H3. The molecule has 4 rings (SSSR count). The lowest BCUT2D eigenvalue weighted by molar-refractivity contribution is -0.138. The molecule has 1 saturated carbocycles. The van der Waals surface area contributed by atoms with Gasteiger partial charge in [-0.25, -0.2) is 4.79 Å². The minimum Gasteiger partial charge on any atom is -0.481 e. The van der Waals surface area contributed by atoms with Crippen molar-refractivity contribution in [3.63, 3.8) is 0 Å². The zero-order valence-corrected chi connectivity index (χ0v) is 17.8. The van der Waals surface area contributed by atoms with Gasteiger partial charge in [0.1, 0.15) is 11.3 Å². The Labute approximate surface area is 175 Å². The summed E-state index contributed by atoms with van der Waals surface area (Å²) in [5.41, 5.74) is 1.56. The van der Waals surface area contributed by atoms with Gasteiger partial charge in [0.15, 0.2) is 6.10 Å². The minimum absolute atomic E-state index is 0.0997. The summed E-state index contributed by atoms with van der Waals surface area (Å²) in [5, 5.41) is 0.853. The Hall–Kier alpha value is -2.83. The number of hydrogen-bond donors (Lipinski definition) is 0. The number of fused-ring (bicyclic) bond motifs is 1. The summed E-state index contributed by atoms with van der Waals surface area (Å²) in [6, 6.07) is 5.29. The number of aryl methyl sites for hydroxylation is 1. The van der Waals surface area contributed by atoms with Gasteiger partial charge in [-0.1, -0.05) is 0 Å². The summed E-state index contributed by atoms with van der Waals surface area (Å²) < 4.78 is 11.3. The predicted molar refractivity (Wildman–Crippen MR) is 113 cm³/mol. The monoisotopic (exact) mass is 412 g/mol. The highest BCUT2D eigenvalue weighted by atomic mass is 16.5. The summed E-state index contributed by atoms with van der Waals surface area (Å²) in [5.74, 6) is 0.819. The second-order valence-electron chi connectivity index (χ2n) is 8.34. The van der Waals surface area contributed by atoms with Crippen LogP contribution in [0.1, 0.15) is 37.3 Å². The van der Waals surface area contributed by atoms with Crippen molar-refractivity contribution in [3.8, 4) is 5.75 Å². The number of ether oxygens (including phenoxy) is 1. The molecule has 1 atom stereocenters. The topological polar surface area (TPSA) is 80.1 Å². The van der Waals surface area contributed by atoms with Crippen LogP contribution >= 0.6 is 0 Å². The van der Waals surface area contributed by atoms with E-state index in [1.807, 2.05) is 17.9 Å². The van der Waals surface area contributed by atoms with Crippen molar-refractivity contribution in [2.45, 2.75) is 46.1 Å². The molecule has 0 bridgehead atoms. The second-order valence-corrected chi connectivity index (χ2v) is 8.34. The minimum atomic E-state index is -0.675. The molecule has 1 aliphatic carbocycles. The van der Waals surface area contributed by atoms with Gasteiger partial charge in [-0.05, 0) is 57.7 Å². The Morgan fingerprint density at radius 2 is 1.77 bits per heavy atom. The molecule has 1 aromatic heterocycles. The summed E-state index contributed by atoms with van der Waals surface area (Å²) in [4.78, 5) is 40.9. The first-order chi connectivity index (χ1) is 14.3. The highest BCUT2D eigenvalue weighted by Crippen LogP contribution is 2.31. The van der Waals surface area contributed by atoms with Crippen LogP contribution in [0.2, 0.25) is 0 Å². The van der Waals surface area contributed by atoms with E-state index in [1.54, 1.807) is 30.9 Å². The molecule has 2 heterocycles. The zero-order valence-electron chi connectivity index (χ0n) is 17.8. The summed E-state index contributed by atoms with van der Waals surface area (Å²) in [6.45, 7) is 7.78. The van der Waals surface area contributed by atoms with Gasteiger partial charge in [-0.2, -0.15) is 0 Å². The molecule has 7 heteroatoms. The molecule has 2 amide bonds. The van der Waals surface area contributed by atoms with Crippen LogP contribution in [-0.2, 0) is 9.59 Å². The number of amides is 2. The molecule has 2 aliphatic rings. The smallest absolute Gasteiger partial charge is 0.339 e. The van der Waals surface area contributed by atoms with Gasteiger partial charge in [0, 0.05) is 49.1 Å². The summed E-state index contributed by atoms with van der Waals surface area (Å²) in [6.07, 6.45) is 2.09. The number of nitrogens with zero attached hydrogens (tertiary/aromatic N) is 2. The average Bonchev–Trinajstić information content (AvgIpc) is 3.58. The van der Waals surface area contributed by atoms with Crippen molar-refractivity contribution >= 4 is 22.8 Å². The molecule has 2 fully saturated rings. The maximum atomic E-state index is 12.9. The Kier molecular flexibility index (Phi) is 5.54. The molecule has 0 radical (unpaired) electrons. The number of carbonyl (C=O) groups is 2. The third-order valence-corrected chi connectivity index (χ3v) is 6.13. The van der Waals surface area contributed by atoms with E-state index >= 15 is 0 Å². The van der Waals surface area contributed by atoms with Crippen molar-refractivity contribution in [3.05, 3.63) is 39.7 Å². The molecule has 0 spiro atoms. The van der Waals surface area contributed by atoms with Gasteiger partial charge in [-0.15, -0.1) is 0 Å². The van der Waals surface area contributed by atoms with Crippen LogP contribution in [-0.4, -0.2) is 53.9 Å². The maximum absolute atomic E-state index is 12.9. The van der Waals surface area contributed by atoms with E-state index in [4.69, 9.17) is 9.15 Å². The molecule has 30 heavy (non-hydrogen) atoms. The van der Waals surface area contributed by atoms with E-state index in [-0.39, 0.29) is 23.4 Å². The van der Waals surface area contributed by atoms with Gasteiger partial charge in [-0.3, -0.25) is 9.59 Å². The first-order valence-electron chi connectivity index (χ1n) is 10.6. The van der Waals surface area contributed by atoms with Gasteiger partial charge in [0.2, 0.25) is 5.91 Å². The Morgan fingerprint density at radius 3 is 2.50 bits per heavy atom. The Balaban J connectivity index is 1.42. The van der Waals surface area contributed by atoms with E-state index in [0.29, 0.717) is 43.1 Å². The van der Waals surface area contributed by atoms with Crippen molar-refractivity contribution in [1.82, 2.24) is 9.80 Å². The quantitative estimate of drug-likeness (QED) is 0.722. The van der Waals surface area contributed by atoms with Gasteiger partial charge >= 0.3 is 5.63 Å². The molecule has 1 aliphatic heterocycles. The molecule has 1 unspecified atom stereocenters. The average molecular weight is 412 g/mol. The van der Waals surface area contributed by atoms with Crippen LogP contribution in [0, 0.1) is 19.8 Å². The zero-order chi connectivity index (χ0) is 21.4. The summed E-state index contributed by atoms with van der Waals surface area (Å²) in [7, 11) is 0. The van der Waals surface area contributed by atoms with Crippen LogP contribution < -0.4 is 10.4 Å². The van der Waals surface area contributed by atoms with E-state index in [0.717, 1.165) is 30.2 Å². The van der Waals surface area contributed by atoms with Gasteiger partial charge in [0.25, 0.3) is 5.91 Å². The van der Waals surface area contributed by atoms with Crippen LogP contribution in [0.15, 0.2) is 27.4 Å². The van der Waals surface area contributed by atoms with Crippen molar-refractivity contribution in [1.29, 1.82) is 0 Å². The lowest BCUT2D eigenvalue weighted by atomic mass is 10.1. The third-order valence-electron chi connectivity index (χ3n) is 6.13. The fourth-order valence-electron chi connectivity index (χ4n) is 3.96. The predicted octanol–water partition coefficient (Wildman–Crippen LogP) is 2.65. The first-order valence-corrected chi connectivity index (χ1v) is 10.6. The molecule has 1 aromatic carbocycles. The lowest BCUT2D eigenvalue weighted by Gasteiger charge is -2.25. The second kappa shape index (κ2) is 8.13. The first kappa shape index (κ1) is 20.4. The van der Waals surface area contributed by atoms with Crippen LogP contribution in [0.4, 0.5) is 0 Å². The SMILES string of the molecule is Cc1c(C)c2ccc(OC(C)C(=O)N3CCCN(C(=O)C4CC4)CC3)cc2oc1=O. The molecular formula is C23H28N2O5. The van der Waals surface area contributed by atoms with E-state index in [2.05, 4.69) is 0 Å². The highest BCUT2D eigenvalue weighted by molar-refractivity contribution is 5.84. The fourth-order valence-corrected chi connectivity index (χ4v) is 3.96. The van der Waals surface area contributed by atoms with Gasteiger partial charge in [0.05, 0.1) is 0 Å². The molecule has 7 nitrogen and oxygen atoms in total. The molecule has 1 saturated heterocycles. The van der Waals surface area contributed by atoms with Crippen LogP contribution in [0.3, 0.4) is 0 Å². The Bertz CT molecular complexity index is 1040. The fraction of sp³-hybridized carbons (Fsp3) is 0.522. The third kappa shape index (κ3) is 4.06. The molecular weight excluding hydrogens is 384 g/mol. The number of benzene rings is 1. The van der Waals surface area contributed by atoms with E-state index in [9.17, 15) is 14.4 Å². The molecule has 0 N–H and O–H groups in total. The largest absolute Gasteiger partial charge is 0.481 e. The number of carbonyl (C=O) groups excluding carboxylic acids is 2. The van der Waals surface area contributed by atoms with Crippen LogP contribution in [0.5, 0.6) is 5.75 Å². The van der Waals surface area contributed by atoms with E-state index < -0.39 is 6.10 Å². The number of rotatable bonds is 4. The lowest BCUT2D eigenvalue weighted by Crippen LogP contribution is -2.43. The van der Waals surface area contributed by atoms with Gasteiger partial charge < -0.3 is 19.0 Å². The summed E-state index contributed by atoms with van der Waals surface area (Å²) >= 11 is 0. The van der Waals surface area contributed by atoms with Crippen molar-refractivity contribution in [2.24, 2.45) is 5.92 Å². The van der Waals surface area contributed by atoms with Crippen molar-refractivity contribution in [2.75, 3.05) is 26.2 Å². The van der Waals surface area contributed by atoms with Crippen molar-refractivity contribution < 1.29 is 18.7 Å². The molecule has 160 valence electrons. The molecule has 2 aromatic rings. The maximum Gasteiger partial charge on any atom is 0.339 e. The van der Waals surface area contributed by atoms with Crippen LogP contribution in [0.25, 0.3) is 11.0 Å². The number of hydrogen-bond acceptors (Lipinski definition) is 5. The normalized spacial score (nSPS) is 18.2. The van der Waals surface area contributed by atoms with E-state index in [1.165, 1.54) is 0 Å². The highest BCUT2D eigenvalue weighted by Gasteiger charge is 2.34.